The predicted molar refractivity (Wildman–Crippen MR) is 107 cm³/mol. The molecule has 0 aliphatic carbocycles. The van der Waals surface area contributed by atoms with Crippen LogP contribution in [0.3, 0.4) is 0 Å². The van der Waals surface area contributed by atoms with Gasteiger partial charge in [-0.25, -0.2) is 4.98 Å². The molecule has 4 rings (SSSR count). The first-order chi connectivity index (χ1) is 13.7. The fourth-order valence-corrected chi connectivity index (χ4v) is 2.79. The van der Waals surface area contributed by atoms with Crippen molar-refractivity contribution in [2.45, 2.75) is 13.3 Å². The van der Waals surface area contributed by atoms with Gasteiger partial charge in [0.05, 0.1) is 0 Å². The number of nitrogens with zero attached hydrogens (tertiary/aromatic N) is 2. The molecule has 0 atom stereocenters. The first-order valence-electron chi connectivity index (χ1n) is 9.04. The van der Waals surface area contributed by atoms with Crippen LogP contribution < -0.4 is 10.1 Å². The predicted octanol–water partition coefficient (Wildman–Crippen LogP) is 4.47. The summed E-state index contributed by atoms with van der Waals surface area (Å²) >= 11 is 0. The molecule has 4 aromatic rings. The molecule has 2 aromatic carbocycles. The van der Waals surface area contributed by atoms with E-state index in [1.54, 1.807) is 24.5 Å². The van der Waals surface area contributed by atoms with E-state index in [2.05, 4.69) is 22.2 Å². The zero-order valence-electron chi connectivity index (χ0n) is 15.4. The van der Waals surface area contributed by atoms with Crippen LogP contribution in [0, 0.1) is 0 Å². The van der Waals surface area contributed by atoms with Crippen LogP contribution in [0.2, 0.25) is 0 Å². The van der Waals surface area contributed by atoms with Crippen LogP contribution in [0.1, 0.15) is 12.5 Å². The number of hydrogen-bond donors (Lipinski definition) is 1. The van der Waals surface area contributed by atoms with E-state index in [0.717, 1.165) is 17.5 Å². The highest BCUT2D eigenvalue weighted by Crippen LogP contribution is 2.26. The van der Waals surface area contributed by atoms with Crippen molar-refractivity contribution in [1.29, 1.82) is 0 Å². The molecule has 28 heavy (non-hydrogen) atoms. The quantitative estimate of drug-likeness (QED) is 0.540. The van der Waals surface area contributed by atoms with Crippen LogP contribution in [0.15, 0.2) is 71.4 Å². The fourth-order valence-electron chi connectivity index (χ4n) is 2.79. The number of hydrogen-bond acceptors (Lipinski definition) is 5. The van der Waals surface area contributed by atoms with Gasteiger partial charge in [-0.3, -0.25) is 9.78 Å². The number of fused-ring (bicyclic) bond motifs is 1. The molecule has 2 aromatic heterocycles. The molecule has 0 radical (unpaired) electrons. The topological polar surface area (TPSA) is 77.2 Å². The van der Waals surface area contributed by atoms with Gasteiger partial charge < -0.3 is 14.5 Å². The fraction of sp³-hybridized carbons (Fsp3) is 0.136. The lowest BCUT2D eigenvalue weighted by Crippen LogP contribution is -2.20. The Morgan fingerprint density at radius 2 is 1.86 bits per heavy atom. The molecule has 1 N–H and O–H groups in total. The normalized spacial score (nSPS) is 10.8. The second-order valence-corrected chi connectivity index (χ2v) is 6.27. The molecule has 0 aliphatic heterocycles. The van der Waals surface area contributed by atoms with Crippen LogP contribution >= 0.6 is 0 Å². The van der Waals surface area contributed by atoms with E-state index in [1.807, 2.05) is 42.5 Å². The summed E-state index contributed by atoms with van der Waals surface area (Å²) in [5, 5.41) is 2.81. The molecule has 2 heterocycles. The van der Waals surface area contributed by atoms with Gasteiger partial charge in [0.25, 0.3) is 5.91 Å². The van der Waals surface area contributed by atoms with Crippen LogP contribution in [-0.2, 0) is 11.2 Å². The van der Waals surface area contributed by atoms with Crippen molar-refractivity contribution in [1.82, 2.24) is 9.97 Å². The average molecular weight is 373 g/mol. The SMILES string of the molecule is CCc1ccc(OCC(=O)Nc2ccc3nc(-c4ccncc4)oc3c2)cc1. The Labute approximate surface area is 162 Å². The van der Waals surface area contributed by atoms with Crippen LogP contribution in [-0.4, -0.2) is 22.5 Å². The summed E-state index contributed by atoms with van der Waals surface area (Å²) in [6.07, 6.45) is 4.34. The van der Waals surface area contributed by atoms with E-state index in [9.17, 15) is 4.79 Å². The van der Waals surface area contributed by atoms with Crippen molar-refractivity contribution in [3.05, 3.63) is 72.6 Å². The molecular weight excluding hydrogens is 354 g/mol. The minimum Gasteiger partial charge on any atom is -0.484 e. The van der Waals surface area contributed by atoms with E-state index in [1.165, 1.54) is 5.56 Å². The molecule has 1 amide bonds. The highest BCUT2D eigenvalue weighted by molar-refractivity contribution is 5.93. The third-order valence-electron chi connectivity index (χ3n) is 4.30. The number of rotatable bonds is 6. The summed E-state index contributed by atoms with van der Waals surface area (Å²) in [7, 11) is 0. The summed E-state index contributed by atoms with van der Waals surface area (Å²) < 4.78 is 11.3. The Morgan fingerprint density at radius 3 is 2.61 bits per heavy atom. The lowest BCUT2D eigenvalue weighted by atomic mass is 10.2. The van der Waals surface area contributed by atoms with Crippen LogP contribution in [0.4, 0.5) is 5.69 Å². The molecule has 0 saturated heterocycles. The second-order valence-electron chi connectivity index (χ2n) is 6.27. The van der Waals surface area contributed by atoms with Crippen molar-refractivity contribution in [2.24, 2.45) is 0 Å². The van der Waals surface area contributed by atoms with Crippen molar-refractivity contribution < 1.29 is 13.9 Å². The van der Waals surface area contributed by atoms with Gasteiger partial charge in [-0.05, 0) is 48.4 Å². The van der Waals surface area contributed by atoms with Gasteiger partial charge in [0, 0.05) is 29.7 Å². The molecule has 0 aliphatic rings. The summed E-state index contributed by atoms with van der Waals surface area (Å²) in [5.74, 6) is 0.938. The van der Waals surface area contributed by atoms with Crippen molar-refractivity contribution >= 4 is 22.7 Å². The van der Waals surface area contributed by atoms with Crippen LogP contribution in [0.25, 0.3) is 22.6 Å². The number of carbonyl (C=O) groups is 1. The van der Waals surface area contributed by atoms with E-state index in [0.29, 0.717) is 22.9 Å². The van der Waals surface area contributed by atoms with Gasteiger partial charge in [-0.1, -0.05) is 19.1 Å². The third kappa shape index (κ3) is 4.01. The number of aromatic nitrogens is 2. The maximum atomic E-state index is 12.2. The Morgan fingerprint density at radius 1 is 1.07 bits per heavy atom. The third-order valence-corrected chi connectivity index (χ3v) is 4.30. The number of ether oxygens (including phenoxy) is 1. The Hall–Kier alpha value is -3.67. The molecule has 6 nitrogen and oxygen atoms in total. The number of amides is 1. The zero-order chi connectivity index (χ0) is 19.3. The molecular formula is C22H19N3O3. The first-order valence-corrected chi connectivity index (χ1v) is 9.04. The summed E-state index contributed by atoms with van der Waals surface area (Å²) in [6.45, 7) is 2.02. The van der Waals surface area contributed by atoms with Crippen molar-refractivity contribution in [2.75, 3.05) is 11.9 Å². The lowest BCUT2D eigenvalue weighted by Gasteiger charge is -2.08. The minimum absolute atomic E-state index is 0.0673. The van der Waals surface area contributed by atoms with Gasteiger partial charge in [0.2, 0.25) is 5.89 Å². The molecule has 140 valence electrons. The Kier molecular flexibility index (Phi) is 5.01. The standard InChI is InChI=1S/C22H19N3O3/c1-2-15-3-6-18(7-4-15)27-14-21(26)24-17-5-8-19-20(13-17)28-22(25-19)16-9-11-23-12-10-16/h3-13H,2,14H2,1H3,(H,24,26). The Bertz CT molecular complexity index is 1090. The van der Waals surface area contributed by atoms with Crippen molar-refractivity contribution in [3.8, 4) is 17.2 Å². The van der Waals surface area contributed by atoms with Gasteiger partial charge in [-0.2, -0.15) is 0 Å². The van der Waals surface area contributed by atoms with E-state index in [4.69, 9.17) is 9.15 Å². The minimum atomic E-state index is -0.243. The van der Waals surface area contributed by atoms with Crippen molar-refractivity contribution in [3.63, 3.8) is 0 Å². The Balaban J connectivity index is 1.41. The molecule has 0 spiro atoms. The lowest BCUT2D eigenvalue weighted by molar-refractivity contribution is -0.118. The smallest absolute Gasteiger partial charge is 0.262 e. The number of aryl methyl sites for hydroxylation is 1. The number of pyridine rings is 1. The molecule has 0 saturated carbocycles. The van der Waals surface area contributed by atoms with Gasteiger partial charge in [0.1, 0.15) is 11.3 Å². The van der Waals surface area contributed by atoms with Gasteiger partial charge in [0.15, 0.2) is 12.2 Å². The zero-order valence-corrected chi connectivity index (χ0v) is 15.4. The van der Waals surface area contributed by atoms with E-state index >= 15 is 0 Å². The van der Waals surface area contributed by atoms with E-state index < -0.39 is 0 Å². The maximum Gasteiger partial charge on any atom is 0.262 e. The molecule has 0 unspecified atom stereocenters. The summed E-state index contributed by atoms with van der Waals surface area (Å²) in [5.41, 5.74) is 4.01. The highest BCUT2D eigenvalue weighted by atomic mass is 16.5. The van der Waals surface area contributed by atoms with Crippen LogP contribution in [0.5, 0.6) is 5.75 Å². The molecule has 6 heteroatoms. The second kappa shape index (κ2) is 7.92. The maximum absolute atomic E-state index is 12.2. The summed E-state index contributed by atoms with van der Waals surface area (Å²) in [6, 6.07) is 16.7. The van der Waals surface area contributed by atoms with Gasteiger partial charge >= 0.3 is 0 Å². The molecule has 0 bridgehead atoms. The number of carbonyl (C=O) groups excluding carboxylic acids is 1. The summed E-state index contributed by atoms with van der Waals surface area (Å²) in [4.78, 5) is 20.6. The monoisotopic (exact) mass is 373 g/mol. The molecule has 0 fully saturated rings. The van der Waals surface area contributed by atoms with Gasteiger partial charge in [-0.15, -0.1) is 0 Å². The first kappa shape index (κ1) is 17.7. The number of benzene rings is 2. The average Bonchev–Trinajstić information content (AvgIpc) is 3.17. The number of anilines is 1. The number of oxazole rings is 1. The largest absolute Gasteiger partial charge is 0.484 e. The highest BCUT2D eigenvalue weighted by Gasteiger charge is 2.10. The van der Waals surface area contributed by atoms with E-state index in [-0.39, 0.29) is 12.5 Å². The number of nitrogens with one attached hydrogen (secondary N) is 1.